The van der Waals surface area contributed by atoms with E-state index in [9.17, 15) is 4.79 Å². The van der Waals surface area contributed by atoms with E-state index in [4.69, 9.17) is 0 Å². The molecule has 16 heavy (non-hydrogen) atoms. The Balaban J connectivity index is 2.34. The van der Waals surface area contributed by atoms with Gasteiger partial charge in [0.25, 0.3) is 0 Å². The maximum atomic E-state index is 12.1. The number of anilines is 1. The van der Waals surface area contributed by atoms with Crippen LogP contribution in [0.2, 0.25) is 0 Å². The van der Waals surface area contributed by atoms with Crippen LogP contribution in [0.25, 0.3) is 0 Å². The highest BCUT2D eigenvalue weighted by molar-refractivity contribution is 6.09. The molecule has 0 aromatic heterocycles. The summed E-state index contributed by atoms with van der Waals surface area (Å²) in [7, 11) is 1.84. The van der Waals surface area contributed by atoms with Crippen molar-refractivity contribution in [3.05, 3.63) is 65.7 Å². The molecule has 0 fully saturated rings. The van der Waals surface area contributed by atoms with E-state index >= 15 is 0 Å². The molecule has 0 aliphatic carbocycles. The Kier molecular flexibility index (Phi) is 3.01. The molecule has 2 aromatic carbocycles. The van der Waals surface area contributed by atoms with Crippen molar-refractivity contribution in [3.63, 3.8) is 0 Å². The van der Waals surface area contributed by atoms with E-state index in [0.717, 1.165) is 11.3 Å². The summed E-state index contributed by atoms with van der Waals surface area (Å²) in [5.41, 5.74) is 2.37. The van der Waals surface area contributed by atoms with E-state index in [1.54, 1.807) is 0 Å². The molecule has 1 N–H and O–H groups in total. The minimum absolute atomic E-state index is 0.0534. The predicted octanol–water partition coefficient (Wildman–Crippen LogP) is 2.96. The fourth-order valence-corrected chi connectivity index (χ4v) is 1.57. The fourth-order valence-electron chi connectivity index (χ4n) is 1.57. The van der Waals surface area contributed by atoms with E-state index in [2.05, 4.69) is 5.32 Å². The summed E-state index contributed by atoms with van der Waals surface area (Å²) in [5.74, 6) is 0.0534. The summed E-state index contributed by atoms with van der Waals surface area (Å²) < 4.78 is 0. The standard InChI is InChI=1S/C14H13NO/c1-15-13-9-5-8-12(10-13)14(16)11-6-3-2-4-7-11/h2-10,15H,1H3. The summed E-state index contributed by atoms with van der Waals surface area (Å²) in [6.07, 6.45) is 0. The maximum Gasteiger partial charge on any atom is 0.193 e. The second-order valence-electron chi connectivity index (χ2n) is 3.53. The fraction of sp³-hybridized carbons (Fsp3) is 0.0714. The van der Waals surface area contributed by atoms with E-state index in [1.165, 1.54) is 0 Å². The second-order valence-corrected chi connectivity index (χ2v) is 3.53. The summed E-state index contributed by atoms with van der Waals surface area (Å²) in [6.45, 7) is 0. The average Bonchev–Trinajstić information content (AvgIpc) is 2.39. The van der Waals surface area contributed by atoms with Gasteiger partial charge < -0.3 is 5.32 Å². The molecule has 80 valence electrons. The van der Waals surface area contributed by atoms with E-state index in [1.807, 2.05) is 61.6 Å². The van der Waals surface area contributed by atoms with Gasteiger partial charge in [0.1, 0.15) is 0 Å². The molecule has 0 aliphatic rings. The molecule has 0 unspecified atom stereocenters. The van der Waals surface area contributed by atoms with Crippen LogP contribution in [-0.2, 0) is 0 Å². The van der Waals surface area contributed by atoms with Crippen LogP contribution in [0.4, 0.5) is 5.69 Å². The maximum absolute atomic E-state index is 12.1. The van der Waals surface area contributed by atoms with Crippen molar-refractivity contribution >= 4 is 11.5 Å². The van der Waals surface area contributed by atoms with E-state index in [0.29, 0.717) is 5.56 Å². The van der Waals surface area contributed by atoms with Crippen LogP contribution in [0.1, 0.15) is 15.9 Å². The molecule has 2 aromatic rings. The first-order valence-corrected chi connectivity index (χ1v) is 5.19. The first kappa shape index (κ1) is 10.4. The third-order valence-electron chi connectivity index (χ3n) is 2.45. The zero-order valence-corrected chi connectivity index (χ0v) is 9.10. The SMILES string of the molecule is CNc1cccc(C(=O)c2ccccc2)c1. The number of carbonyl (C=O) groups is 1. The molecule has 0 bridgehead atoms. The zero-order chi connectivity index (χ0) is 11.4. The number of carbonyl (C=O) groups excluding carboxylic acids is 1. The van der Waals surface area contributed by atoms with Gasteiger partial charge in [-0.05, 0) is 12.1 Å². The van der Waals surface area contributed by atoms with Gasteiger partial charge in [0.2, 0.25) is 0 Å². The van der Waals surface area contributed by atoms with Crippen LogP contribution in [0.15, 0.2) is 54.6 Å². The Labute approximate surface area is 94.9 Å². The molecule has 0 amide bonds. The zero-order valence-electron chi connectivity index (χ0n) is 9.10. The smallest absolute Gasteiger partial charge is 0.193 e. The van der Waals surface area contributed by atoms with Crippen molar-refractivity contribution in [1.29, 1.82) is 0 Å². The minimum Gasteiger partial charge on any atom is -0.388 e. The number of nitrogens with one attached hydrogen (secondary N) is 1. The minimum atomic E-state index is 0.0534. The Morgan fingerprint density at radius 2 is 1.62 bits per heavy atom. The Bertz CT molecular complexity index is 491. The highest BCUT2D eigenvalue weighted by Crippen LogP contribution is 2.14. The van der Waals surface area contributed by atoms with Crippen LogP contribution >= 0.6 is 0 Å². The van der Waals surface area contributed by atoms with E-state index < -0.39 is 0 Å². The molecule has 0 spiro atoms. The van der Waals surface area contributed by atoms with Crippen molar-refractivity contribution in [1.82, 2.24) is 0 Å². The summed E-state index contributed by atoms with van der Waals surface area (Å²) >= 11 is 0. The molecule has 2 heteroatoms. The van der Waals surface area contributed by atoms with E-state index in [-0.39, 0.29) is 5.78 Å². The molecule has 0 saturated carbocycles. The molecule has 0 saturated heterocycles. The summed E-state index contributed by atoms with van der Waals surface area (Å²) in [5, 5.41) is 3.02. The Morgan fingerprint density at radius 3 is 2.31 bits per heavy atom. The lowest BCUT2D eigenvalue weighted by Crippen LogP contribution is -2.01. The topological polar surface area (TPSA) is 29.1 Å². The third kappa shape index (κ3) is 2.11. The van der Waals surface area contributed by atoms with Gasteiger partial charge in [0, 0.05) is 23.9 Å². The summed E-state index contributed by atoms with van der Waals surface area (Å²) in [6, 6.07) is 16.8. The number of benzene rings is 2. The van der Waals surface area contributed by atoms with Crippen molar-refractivity contribution in [3.8, 4) is 0 Å². The summed E-state index contributed by atoms with van der Waals surface area (Å²) in [4.78, 5) is 12.1. The first-order valence-electron chi connectivity index (χ1n) is 5.19. The molecular weight excluding hydrogens is 198 g/mol. The van der Waals surface area contributed by atoms with Gasteiger partial charge in [0.05, 0.1) is 0 Å². The lowest BCUT2D eigenvalue weighted by Gasteiger charge is -2.04. The number of ketones is 1. The molecule has 0 heterocycles. The van der Waals surface area contributed by atoms with Gasteiger partial charge in [0.15, 0.2) is 5.78 Å². The van der Waals surface area contributed by atoms with Crippen molar-refractivity contribution in [2.75, 3.05) is 12.4 Å². The lowest BCUT2D eigenvalue weighted by atomic mass is 10.0. The largest absolute Gasteiger partial charge is 0.388 e. The van der Waals surface area contributed by atoms with Crippen LogP contribution in [0.5, 0.6) is 0 Å². The highest BCUT2D eigenvalue weighted by atomic mass is 16.1. The Morgan fingerprint density at radius 1 is 0.938 bits per heavy atom. The number of hydrogen-bond acceptors (Lipinski definition) is 2. The van der Waals surface area contributed by atoms with Crippen LogP contribution in [0, 0.1) is 0 Å². The van der Waals surface area contributed by atoms with Gasteiger partial charge in [-0.25, -0.2) is 0 Å². The second kappa shape index (κ2) is 4.62. The first-order chi connectivity index (χ1) is 7.81. The number of rotatable bonds is 3. The predicted molar refractivity (Wildman–Crippen MR) is 65.9 cm³/mol. The van der Waals surface area contributed by atoms with Gasteiger partial charge in [-0.3, -0.25) is 4.79 Å². The highest BCUT2D eigenvalue weighted by Gasteiger charge is 2.07. The van der Waals surface area contributed by atoms with Gasteiger partial charge in [-0.15, -0.1) is 0 Å². The van der Waals surface area contributed by atoms with Crippen LogP contribution < -0.4 is 5.32 Å². The van der Waals surface area contributed by atoms with Crippen molar-refractivity contribution < 1.29 is 4.79 Å². The van der Waals surface area contributed by atoms with Crippen molar-refractivity contribution in [2.24, 2.45) is 0 Å². The van der Waals surface area contributed by atoms with Crippen LogP contribution in [0.3, 0.4) is 0 Å². The van der Waals surface area contributed by atoms with Crippen molar-refractivity contribution in [2.45, 2.75) is 0 Å². The molecule has 0 aliphatic heterocycles. The monoisotopic (exact) mass is 211 g/mol. The van der Waals surface area contributed by atoms with Gasteiger partial charge in [-0.1, -0.05) is 42.5 Å². The molecule has 2 nitrogen and oxygen atoms in total. The quantitative estimate of drug-likeness (QED) is 0.791. The molecule has 0 atom stereocenters. The molecule has 2 rings (SSSR count). The molecule has 0 radical (unpaired) electrons. The molecular formula is C14H13NO. The Hall–Kier alpha value is -2.09. The van der Waals surface area contributed by atoms with Crippen LogP contribution in [-0.4, -0.2) is 12.8 Å². The average molecular weight is 211 g/mol. The van der Waals surface area contributed by atoms with Gasteiger partial charge >= 0.3 is 0 Å². The third-order valence-corrected chi connectivity index (χ3v) is 2.45. The number of hydrogen-bond donors (Lipinski definition) is 1. The lowest BCUT2D eigenvalue weighted by molar-refractivity contribution is 0.103. The van der Waals surface area contributed by atoms with Gasteiger partial charge in [-0.2, -0.15) is 0 Å². The normalized spacial score (nSPS) is 9.81.